The van der Waals surface area contributed by atoms with E-state index in [1.165, 1.54) is 0 Å². The molecule has 0 saturated heterocycles. The molecule has 1 N–H and O–H groups in total. The summed E-state index contributed by atoms with van der Waals surface area (Å²) in [5.41, 5.74) is 0.633. The number of hydrogen-bond donors (Lipinski definition) is 1. The predicted octanol–water partition coefficient (Wildman–Crippen LogP) is 5.76. The van der Waals surface area contributed by atoms with Gasteiger partial charge in [0.25, 0.3) is 0 Å². The molecule has 0 aliphatic carbocycles. The van der Waals surface area contributed by atoms with Crippen LogP contribution in [0.4, 0.5) is 0 Å². The van der Waals surface area contributed by atoms with E-state index in [1.807, 2.05) is 55.4 Å². The van der Waals surface area contributed by atoms with Crippen LogP contribution >= 0.6 is 23.2 Å². The molecule has 0 amide bonds. The van der Waals surface area contributed by atoms with Crippen molar-refractivity contribution in [3.8, 4) is 0 Å². The van der Waals surface area contributed by atoms with Crippen molar-refractivity contribution in [2.24, 2.45) is 0 Å². The Morgan fingerprint density at radius 1 is 1.00 bits per heavy atom. The molecule has 0 fully saturated rings. The highest BCUT2D eigenvalue weighted by atomic mass is 35.5. The van der Waals surface area contributed by atoms with Gasteiger partial charge < -0.3 is 0 Å². The molecule has 0 aliphatic rings. The van der Waals surface area contributed by atoms with Crippen LogP contribution in [0.5, 0.6) is 0 Å². The standard InChI is InChI=1S/C11H15Cl2NOS.2C2H6/c1-7-5-9(13)10(6-8(7)12)16(15)14-11(2,3)4;2*1-2/h5-6,14H,1-4H3;2*1-2H3. The maximum absolute atomic E-state index is 12.0. The fourth-order valence-corrected chi connectivity index (χ4v) is 2.89. The average Bonchev–Trinajstić information content (AvgIpc) is 2.36. The molecule has 1 aromatic carbocycles. The molecule has 0 radical (unpaired) electrons. The molecular formula is C15H27Cl2NOS. The molecule has 0 saturated carbocycles. The third-order valence-corrected chi connectivity index (χ3v) is 4.18. The number of hydrogen-bond acceptors (Lipinski definition) is 1. The minimum atomic E-state index is -1.35. The summed E-state index contributed by atoms with van der Waals surface area (Å²) >= 11 is 12.0. The first-order valence-corrected chi connectivity index (χ1v) is 8.76. The Bertz CT molecular complexity index is 429. The quantitative estimate of drug-likeness (QED) is 0.728. The summed E-state index contributed by atoms with van der Waals surface area (Å²) in [6.07, 6.45) is 0. The maximum Gasteiger partial charge on any atom is 0.126 e. The van der Waals surface area contributed by atoms with Crippen LogP contribution in [0.3, 0.4) is 0 Å². The molecule has 0 aromatic heterocycles. The maximum atomic E-state index is 12.0. The summed E-state index contributed by atoms with van der Waals surface area (Å²) in [7, 11) is -1.35. The largest absolute Gasteiger partial charge is 0.237 e. The number of halogens is 2. The number of nitrogens with one attached hydrogen (secondary N) is 1. The minimum absolute atomic E-state index is 0.244. The molecule has 118 valence electrons. The van der Waals surface area contributed by atoms with Crippen LogP contribution < -0.4 is 4.72 Å². The van der Waals surface area contributed by atoms with Crippen molar-refractivity contribution in [2.75, 3.05) is 0 Å². The van der Waals surface area contributed by atoms with Gasteiger partial charge in [0.05, 0.1) is 9.92 Å². The van der Waals surface area contributed by atoms with Crippen LogP contribution in [0.2, 0.25) is 10.0 Å². The Hall–Kier alpha value is -0.0900. The first-order valence-electron chi connectivity index (χ1n) is 6.86. The lowest BCUT2D eigenvalue weighted by Crippen LogP contribution is -2.37. The SMILES string of the molecule is CC.CC.Cc1cc(Cl)c(S(=O)NC(C)(C)C)cc1Cl. The number of benzene rings is 1. The predicted molar refractivity (Wildman–Crippen MR) is 93.2 cm³/mol. The first kappa shape index (κ1) is 22.2. The van der Waals surface area contributed by atoms with Gasteiger partial charge in [-0.15, -0.1) is 0 Å². The molecule has 2 nitrogen and oxygen atoms in total. The van der Waals surface area contributed by atoms with E-state index < -0.39 is 11.0 Å². The molecular weight excluding hydrogens is 313 g/mol. The van der Waals surface area contributed by atoms with Crippen molar-refractivity contribution >= 4 is 34.2 Å². The molecule has 0 aliphatic heterocycles. The zero-order valence-electron chi connectivity index (χ0n) is 13.7. The van der Waals surface area contributed by atoms with Crippen molar-refractivity contribution in [3.63, 3.8) is 0 Å². The van der Waals surface area contributed by atoms with E-state index in [0.717, 1.165) is 5.56 Å². The van der Waals surface area contributed by atoms with Gasteiger partial charge in [-0.3, -0.25) is 0 Å². The normalized spacial score (nSPS) is 11.7. The van der Waals surface area contributed by atoms with Crippen molar-refractivity contribution in [2.45, 2.75) is 65.8 Å². The van der Waals surface area contributed by atoms with Crippen molar-refractivity contribution in [1.29, 1.82) is 0 Å². The van der Waals surface area contributed by atoms with Gasteiger partial charge >= 0.3 is 0 Å². The van der Waals surface area contributed by atoms with Crippen LogP contribution in [0.1, 0.15) is 54.0 Å². The second-order valence-electron chi connectivity index (χ2n) is 4.65. The van der Waals surface area contributed by atoms with E-state index in [-0.39, 0.29) is 5.54 Å². The number of rotatable bonds is 2. The molecule has 0 bridgehead atoms. The smallest absolute Gasteiger partial charge is 0.126 e. The van der Waals surface area contributed by atoms with Gasteiger partial charge in [0.2, 0.25) is 0 Å². The number of aryl methyl sites for hydroxylation is 1. The van der Waals surface area contributed by atoms with Gasteiger partial charge in [-0.1, -0.05) is 50.9 Å². The van der Waals surface area contributed by atoms with Crippen molar-refractivity contribution < 1.29 is 4.21 Å². The van der Waals surface area contributed by atoms with Crippen molar-refractivity contribution in [1.82, 2.24) is 4.72 Å². The Labute approximate surface area is 136 Å². The average molecular weight is 340 g/mol. The molecule has 1 rings (SSSR count). The Morgan fingerprint density at radius 3 is 1.85 bits per heavy atom. The van der Waals surface area contributed by atoms with E-state index in [0.29, 0.717) is 14.9 Å². The van der Waals surface area contributed by atoms with Gasteiger partial charge in [0.15, 0.2) is 0 Å². The van der Waals surface area contributed by atoms with E-state index in [9.17, 15) is 4.21 Å². The van der Waals surface area contributed by atoms with Crippen LogP contribution in [0.15, 0.2) is 17.0 Å². The fourth-order valence-electron chi connectivity index (χ4n) is 1.10. The lowest BCUT2D eigenvalue weighted by molar-refractivity contribution is 0.519. The van der Waals surface area contributed by atoms with E-state index in [4.69, 9.17) is 23.2 Å². The van der Waals surface area contributed by atoms with Crippen LogP contribution in [-0.4, -0.2) is 9.75 Å². The molecule has 5 heteroatoms. The zero-order valence-corrected chi connectivity index (χ0v) is 16.1. The summed E-state index contributed by atoms with van der Waals surface area (Å²) in [4.78, 5) is 0.521. The van der Waals surface area contributed by atoms with Crippen molar-refractivity contribution in [3.05, 3.63) is 27.7 Å². The summed E-state index contributed by atoms with van der Waals surface area (Å²) in [6.45, 7) is 15.7. The Morgan fingerprint density at radius 2 is 1.45 bits per heavy atom. The molecule has 0 spiro atoms. The third-order valence-electron chi connectivity index (χ3n) is 1.81. The molecule has 0 heterocycles. The van der Waals surface area contributed by atoms with Crippen LogP contribution in [-0.2, 0) is 11.0 Å². The molecule has 20 heavy (non-hydrogen) atoms. The summed E-state index contributed by atoms with van der Waals surface area (Å²) in [6, 6.07) is 3.37. The highest BCUT2D eigenvalue weighted by Crippen LogP contribution is 2.27. The van der Waals surface area contributed by atoms with Crippen LogP contribution in [0, 0.1) is 6.92 Å². The van der Waals surface area contributed by atoms with Gasteiger partial charge in [-0.05, 0) is 45.4 Å². The third kappa shape index (κ3) is 8.25. The second kappa shape index (κ2) is 10.6. The van der Waals surface area contributed by atoms with Gasteiger partial charge in [-0.25, -0.2) is 8.93 Å². The fraction of sp³-hybridized carbons (Fsp3) is 0.600. The summed E-state index contributed by atoms with van der Waals surface area (Å²) in [5, 5.41) is 1.04. The van der Waals surface area contributed by atoms with E-state index >= 15 is 0 Å². The summed E-state index contributed by atoms with van der Waals surface area (Å²) < 4.78 is 15.0. The van der Waals surface area contributed by atoms with Gasteiger partial charge in [-0.2, -0.15) is 0 Å². The minimum Gasteiger partial charge on any atom is -0.237 e. The van der Waals surface area contributed by atoms with Gasteiger partial charge in [0, 0.05) is 10.6 Å². The molecule has 1 aromatic rings. The van der Waals surface area contributed by atoms with Gasteiger partial charge in [0.1, 0.15) is 11.0 Å². The Kier molecular flexibility index (Phi) is 11.8. The van der Waals surface area contributed by atoms with E-state index in [1.54, 1.807) is 12.1 Å². The first-order chi connectivity index (χ1) is 9.20. The Balaban J connectivity index is 0. The van der Waals surface area contributed by atoms with E-state index in [2.05, 4.69) is 4.72 Å². The summed E-state index contributed by atoms with van der Waals surface area (Å²) in [5.74, 6) is 0. The second-order valence-corrected chi connectivity index (χ2v) is 6.65. The molecule has 1 unspecified atom stereocenters. The lowest BCUT2D eigenvalue weighted by atomic mass is 10.1. The van der Waals surface area contributed by atoms with Crippen LogP contribution in [0.25, 0.3) is 0 Å². The topological polar surface area (TPSA) is 29.1 Å². The monoisotopic (exact) mass is 339 g/mol. The lowest BCUT2D eigenvalue weighted by Gasteiger charge is -2.20. The molecule has 1 atom stereocenters. The highest BCUT2D eigenvalue weighted by molar-refractivity contribution is 7.83. The highest BCUT2D eigenvalue weighted by Gasteiger charge is 2.17. The zero-order chi connectivity index (χ0) is 16.5.